The molecule has 0 bridgehead atoms. The zero-order valence-corrected chi connectivity index (χ0v) is 6.19. The van der Waals surface area contributed by atoms with Crippen LogP contribution in [0.1, 0.15) is 0 Å². The molecule has 1 rings (SSSR count). The second kappa shape index (κ2) is 3.18. The number of hydrogen-bond acceptors (Lipinski definition) is 3. The molecule has 0 saturated carbocycles. The number of halogens is 1. The maximum absolute atomic E-state index is 10.5. The molecular formula is C5H10ClN3O. The lowest BCUT2D eigenvalue weighted by Gasteiger charge is -2.25. The van der Waals surface area contributed by atoms with E-state index in [1.807, 2.05) is 0 Å². The van der Waals surface area contributed by atoms with Gasteiger partial charge < -0.3 is 11.1 Å². The predicted octanol–water partition coefficient (Wildman–Crippen LogP) is -1.40. The van der Waals surface area contributed by atoms with E-state index in [1.165, 1.54) is 0 Å². The van der Waals surface area contributed by atoms with Crippen LogP contribution in [0.5, 0.6) is 0 Å². The number of alkyl halides is 1. The molecule has 0 aromatic heterocycles. The van der Waals surface area contributed by atoms with Crippen LogP contribution in [0.25, 0.3) is 0 Å². The first-order valence-electron chi connectivity index (χ1n) is 3.10. The van der Waals surface area contributed by atoms with Gasteiger partial charge in [0.05, 0.1) is 11.5 Å². The van der Waals surface area contributed by atoms with E-state index in [2.05, 4.69) is 10.6 Å². The van der Waals surface area contributed by atoms with Crippen LogP contribution >= 0.6 is 11.6 Å². The monoisotopic (exact) mass is 163 g/mol. The second-order valence-corrected chi connectivity index (χ2v) is 2.77. The molecule has 5 heteroatoms. The topological polar surface area (TPSA) is 67.2 Å². The van der Waals surface area contributed by atoms with Gasteiger partial charge in [-0.2, -0.15) is 0 Å². The maximum atomic E-state index is 10.5. The average Bonchev–Trinajstić information content (AvgIpc) is 1.88. The van der Waals surface area contributed by atoms with E-state index in [1.54, 1.807) is 0 Å². The summed E-state index contributed by atoms with van der Waals surface area (Å²) in [7, 11) is 0. The first-order chi connectivity index (χ1) is 4.70. The summed E-state index contributed by atoms with van der Waals surface area (Å²) in [6, 6.07) is -0.269. The van der Waals surface area contributed by atoms with Gasteiger partial charge in [-0.05, 0) is 0 Å². The van der Waals surface area contributed by atoms with Gasteiger partial charge in [-0.1, -0.05) is 0 Å². The third kappa shape index (κ3) is 1.83. The smallest absolute Gasteiger partial charge is 0.235 e. The van der Waals surface area contributed by atoms with Crippen LogP contribution in [0.4, 0.5) is 0 Å². The van der Waals surface area contributed by atoms with Gasteiger partial charge in [0.1, 0.15) is 0 Å². The fraction of sp³-hybridized carbons (Fsp3) is 0.800. The quantitative estimate of drug-likeness (QED) is 0.329. The van der Waals surface area contributed by atoms with Crippen molar-refractivity contribution in [2.75, 3.05) is 13.1 Å². The normalized spacial score (nSPS) is 33.7. The maximum Gasteiger partial charge on any atom is 0.235 e. The molecule has 1 saturated heterocycles. The molecule has 0 aliphatic carbocycles. The molecule has 1 aliphatic rings. The number of nitrogens with two attached hydrogens (primary N) is 1. The molecule has 2 atom stereocenters. The minimum Gasteiger partial charge on any atom is -0.368 e. The summed E-state index contributed by atoms with van der Waals surface area (Å²) in [5, 5.41) is 5.81. The highest BCUT2D eigenvalue weighted by molar-refractivity contribution is 6.20. The molecule has 58 valence electrons. The Bertz CT molecular complexity index is 133. The third-order valence-corrected chi connectivity index (χ3v) is 1.74. The van der Waals surface area contributed by atoms with Crippen molar-refractivity contribution in [2.24, 2.45) is 5.73 Å². The van der Waals surface area contributed by atoms with Crippen molar-refractivity contribution in [2.45, 2.75) is 11.5 Å². The first-order valence-corrected chi connectivity index (χ1v) is 3.54. The lowest BCUT2D eigenvalue weighted by molar-refractivity contribution is -0.120. The summed E-state index contributed by atoms with van der Waals surface area (Å²) in [5.74, 6) is -0.337. The number of hydrogen-bond donors (Lipinski definition) is 3. The lowest BCUT2D eigenvalue weighted by atomic mass is 10.2. The van der Waals surface area contributed by atoms with Crippen LogP contribution < -0.4 is 16.4 Å². The van der Waals surface area contributed by atoms with Crippen LogP contribution in [0, 0.1) is 0 Å². The van der Waals surface area contributed by atoms with Gasteiger partial charge in [-0.3, -0.25) is 10.1 Å². The Morgan fingerprint density at radius 2 is 2.20 bits per heavy atom. The molecule has 4 N–H and O–H groups in total. The molecule has 10 heavy (non-hydrogen) atoms. The summed E-state index contributed by atoms with van der Waals surface area (Å²) in [6.07, 6.45) is 0. The minimum atomic E-state index is -0.337. The van der Waals surface area contributed by atoms with Gasteiger partial charge >= 0.3 is 0 Å². The summed E-state index contributed by atoms with van der Waals surface area (Å²) >= 11 is 5.66. The van der Waals surface area contributed by atoms with E-state index in [0.717, 1.165) is 0 Å². The Morgan fingerprint density at radius 3 is 2.60 bits per heavy atom. The highest BCUT2D eigenvalue weighted by Gasteiger charge is 2.21. The van der Waals surface area contributed by atoms with Crippen molar-refractivity contribution < 1.29 is 4.79 Å². The molecule has 1 fully saturated rings. The Kier molecular flexibility index (Phi) is 2.48. The molecule has 4 nitrogen and oxygen atoms in total. The van der Waals surface area contributed by atoms with E-state index >= 15 is 0 Å². The number of carbonyl (C=O) groups excluding carboxylic acids is 1. The fourth-order valence-electron chi connectivity index (χ4n) is 0.837. The highest BCUT2D eigenvalue weighted by atomic mass is 35.5. The molecule has 2 unspecified atom stereocenters. The number of rotatable bonds is 1. The Balaban J connectivity index is 2.33. The zero-order chi connectivity index (χ0) is 7.56. The molecule has 1 heterocycles. The van der Waals surface area contributed by atoms with Gasteiger partial charge in [0.25, 0.3) is 0 Å². The lowest BCUT2D eigenvalue weighted by Crippen LogP contribution is -2.57. The van der Waals surface area contributed by atoms with Crippen molar-refractivity contribution in [3.63, 3.8) is 0 Å². The van der Waals surface area contributed by atoms with E-state index in [9.17, 15) is 4.79 Å². The van der Waals surface area contributed by atoms with Gasteiger partial charge in [0.15, 0.2) is 0 Å². The molecule has 0 spiro atoms. The van der Waals surface area contributed by atoms with Crippen molar-refractivity contribution in [1.29, 1.82) is 0 Å². The number of primary amides is 1. The second-order valence-electron chi connectivity index (χ2n) is 2.24. The Morgan fingerprint density at radius 1 is 1.50 bits per heavy atom. The fourth-order valence-corrected chi connectivity index (χ4v) is 1.02. The predicted molar refractivity (Wildman–Crippen MR) is 38.6 cm³/mol. The molecule has 0 aromatic rings. The van der Waals surface area contributed by atoms with Crippen molar-refractivity contribution in [3.8, 4) is 0 Å². The number of amides is 1. The van der Waals surface area contributed by atoms with Gasteiger partial charge in [0, 0.05) is 13.1 Å². The van der Waals surface area contributed by atoms with Crippen molar-refractivity contribution in [3.05, 3.63) is 0 Å². The SMILES string of the molecule is NC(=O)C1CNC(Cl)CN1. The largest absolute Gasteiger partial charge is 0.368 e. The van der Waals surface area contributed by atoms with E-state index < -0.39 is 0 Å². The molecular weight excluding hydrogens is 154 g/mol. The standard InChI is InChI=1S/C5H10ClN3O/c6-4-2-8-3(1-9-4)5(7)10/h3-4,8-9H,1-2H2,(H2,7,10). The molecule has 1 aliphatic heterocycles. The Labute approximate surface area is 64.1 Å². The molecule has 1 amide bonds. The highest BCUT2D eigenvalue weighted by Crippen LogP contribution is 1.95. The average molecular weight is 164 g/mol. The number of carbonyl (C=O) groups is 1. The van der Waals surface area contributed by atoms with E-state index in [0.29, 0.717) is 13.1 Å². The van der Waals surface area contributed by atoms with E-state index in [-0.39, 0.29) is 17.5 Å². The first kappa shape index (κ1) is 7.78. The number of nitrogens with one attached hydrogen (secondary N) is 2. The van der Waals surface area contributed by atoms with Crippen LogP contribution in [-0.4, -0.2) is 30.5 Å². The van der Waals surface area contributed by atoms with Gasteiger partial charge in [0.2, 0.25) is 5.91 Å². The summed E-state index contributed by atoms with van der Waals surface area (Å²) in [6.45, 7) is 1.10. The van der Waals surface area contributed by atoms with Crippen molar-refractivity contribution >= 4 is 17.5 Å². The zero-order valence-electron chi connectivity index (χ0n) is 5.43. The minimum absolute atomic E-state index is 0.0874. The van der Waals surface area contributed by atoms with Crippen LogP contribution in [0.2, 0.25) is 0 Å². The van der Waals surface area contributed by atoms with Crippen molar-refractivity contribution in [1.82, 2.24) is 10.6 Å². The molecule has 0 aromatic carbocycles. The Hall–Kier alpha value is -0.320. The van der Waals surface area contributed by atoms with Crippen LogP contribution in [-0.2, 0) is 4.79 Å². The third-order valence-electron chi connectivity index (χ3n) is 1.43. The van der Waals surface area contributed by atoms with Crippen LogP contribution in [0.15, 0.2) is 0 Å². The summed E-state index contributed by atoms with van der Waals surface area (Å²) in [4.78, 5) is 10.5. The van der Waals surface area contributed by atoms with E-state index in [4.69, 9.17) is 17.3 Å². The van der Waals surface area contributed by atoms with Gasteiger partial charge in [-0.25, -0.2) is 0 Å². The van der Waals surface area contributed by atoms with Crippen LogP contribution in [0.3, 0.4) is 0 Å². The van der Waals surface area contributed by atoms with Gasteiger partial charge in [-0.15, -0.1) is 11.6 Å². The number of piperazine rings is 1. The molecule has 0 radical (unpaired) electrons. The summed E-state index contributed by atoms with van der Waals surface area (Å²) < 4.78 is 0. The summed E-state index contributed by atoms with van der Waals surface area (Å²) in [5.41, 5.74) is 4.94.